The fourth-order valence-electron chi connectivity index (χ4n) is 2.95. The van der Waals surface area contributed by atoms with Gasteiger partial charge in [-0.05, 0) is 48.0 Å². The minimum Gasteiger partial charge on any atom is -0.489 e. The monoisotopic (exact) mass is 384 g/mol. The molecule has 0 atom stereocenters. The fraction of sp³-hybridized carbons (Fsp3) is 0.0870. The van der Waals surface area contributed by atoms with Crippen molar-refractivity contribution in [2.45, 2.75) is 13.5 Å². The molecule has 0 saturated carbocycles. The molecule has 0 aliphatic rings. The summed E-state index contributed by atoms with van der Waals surface area (Å²) in [7, 11) is 0. The highest BCUT2D eigenvalue weighted by atomic mass is 16.5. The molecule has 2 N–H and O–H groups in total. The first-order valence-corrected chi connectivity index (χ1v) is 9.23. The van der Waals surface area contributed by atoms with Crippen LogP contribution in [-0.2, 0) is 11.4 Å². The maximum Gasteiger partial charge on any atom is 0.221 e. The molecule has 6 heteroatoms. The van der Waals surface area contributed by atoms with Crippen LogP contribution in [0.2, 0.25) is 0 Å². The number of nitrogens with zero attached hydrogens (tertiary/aromatic N) is 2. The number of benzene rings is 3. The third-order valence-electron chi connectivity index (χ3n) is 4.32. The highest BCUT2D eigenvalue weighted by molar-refractivity contribution is 5.96. The van der Waals surface area contributed by atoms with Crippen LogP contribution in [0.15, 0.2) is 79.1 Å². The first kappa shape index (κ1) is 18.4. The number of hydrogen-bond acceptors (Lipinski definition) is 5. The van der Waals surface area contributed by atoms with E-state index < -0.39 is 0 Å². The summed E-state index contributed by atoms with van der Waals surface area (Å²) in [5.74, 6) is 1.38. The van der Waals surface area contributed by atoms with E-state index in [1.54, 1.807) is 0 Å². The molecule has 0 unspecified atom stereocenters. The van der Waals surface area contributed by atoms with Crippen molar-refractivity contribution in [2.75, 3.05) is 10.6 Å². The lowest BCUT2D eigenvalue weighted by Crippen LogP contribution is -2.05. The first-order chi connectivity index (χ1) is 14.2. The van der Waals surface area contributed by atoms with Crippen LogP contribution in [0, 0.1) is 0 Å². The number of aromatic nitrogens is 2. The van der Waals surface area contributed by atoms with E-state index in [0.717, 1.165) is 27.9 Å². The lowest BCUT2D eigenvalue weighted by Gasteiger charge is -2.11. The van der Waals surface area contributed by atoms with E-state index in [0.29, 0.717) is 18.1 Å². The van der Waals surface area contributed by atoms with Gasteiger partial charge in [0.05, 0.1) is 5.52 Å². The first-order valence-electron chi connectivity index (χ1n) is 9.23. The number of rotatable bonds is 6. The maximum absolute atomic E-state index is 11.2. The molecule has 0 spiro atoms. The summed E-state index contributed by atoms with van der Waals surface area (Å²) in [6.07, 6.45) is 1.50. The van der Waals surface area contributed by atoms with E-state index in [1.165, 1.54) is 13.3 Å². The molecule has 29 heavy (non-hydrogen) atoms. The maximum atomic E-state index is 11.2. The van der Waals surface area contributed by atoms with Gasteiger partial charge in [-0.25, -0.2) is 9.97 Å². The summed E-state index contributed by atoms with van der Waals surface area (Å²) in [5, 5.41) is 6.94. The Kier molecular flexibility index (Phi) is 5.33. The van der Waals surface area contributed by atoms with Gasteiger partial charge in [-0.2, -0.15) is 0 Å². The Labute approximate surface area is 168 Å². The third kappa shape index (κ3) is 4.68. The molecule has 4 rings (SSSR count). The normalized spacial score (nSPS) is 10.5. The largest absolute Gasteiger partial charge is 0.489 e. The van der Waals surface area contributed by atoms with Crippen LogP contribution in [0.5, 0.6) is 5.75 Å². The van der Waals surface area contributed by atoms with Crippen molar-refractivity contribution in [1.82, 2.24) is 9.97 Å². The predicted octanol–water partition coefficient (Wildman–Crippen LogP) is 4.91. The van der Waals surface area contributed by atoms with Gasteiger partial charge in [0.15, 0.2) is 0 Å². The minimum atomic E-state index is -0.119. The molecule has 3 aromatic carbocycles. The molecule has 0 radical (unpaired) electrons. The quantitative estimate of drug-likeness (QED) is 0.494. The Balaban J connectivity index is 1.47. The summed E-state index contributed by atoms with van der Waals surface area (Å²) in [4.78, 5) is 19.9. The van der Waals surface area contributed by atoms with Crippen LogP contribution in [0.3, 0.4) is 0 Å². The van der Waals surface area contributed by atoms with E-state index in [2.05, 4.69) is 20.6 Å². The van der Waals surface area contributed by atoms with Crippen molar-refractivity contribution in [3.8, 4) is 5.75 Å². The zero-order valence-corrected chi connectivity index (χ0v) is 15.9. The summed E-state index contributed by atoms with van der Waals surface area (Å²) >= 11 is 0. The number of fused-ring (bicyclic) bond motifs is 1. The van der Waals surface area contributed by atoms with Crippen LogP contribution in [-0.4, -0.2) is 15.9 Å². The van der Waals surface area contributed by atoms with E-state index in [9.17, 15) is 4.79 Å². The fourth-order valence-corrected chi connectivity index (χ4v) is 2.95. The third-order valence-corrected chi connectivity index (χ3v) is 4.32. The van der Waals surface area contributed by atoms with Gasteiger partial charge in [0, 0.05) is 23.7 Å². The van der Waals surface area contributed by atoms with E-state index in [1.807, 2.05) is 72.8 Å². The highest BCUT2D eigenvalue weighted by Gasteiger charge is 2.06. The van der Waals surface area contributed by atoms with Gasteiger partial charge in [-0.15, -0.1) is 0 Å². The molecule has 0 aliphatic carbocycles. The van der Waals surface area contributed by atoms with E-state index in [-0.39, 0.29) is 5.91 Å². The Morgan fingerprint density at radius 3 is 2.45 bits per heavy atom. The van der Waals surface area contributed by atoms with Crippen molar-refractivity contribution in [2.24, 2.45) is 0 Å². The molecule has 0 aliphatic heterocycles. The van der Waals surface area contributed by atoms with Crippen LogP contribution in [0.1, 0.15) is 12.5 Å². The molecule has 0 saturated heterocycles. The second kappa shape index (κ2) is 8.39. The van der Waals surface area contributed by atoms with Crippen molar-refractivity contribution < 1.29 is 9.53 Å². The van der Waals surface area contributed by atoms with Gasteiger partial charge in [0.2, 0.25) is 5.91 Å². The SMILES string of the molecule is CC(=O)Nc1ccc2c(Nc3ccc(OCc4ccccc4)cc3)ncnc2c1. The van der Waals surface area contributed by atoms with E-state index >= 15 is 0 Å². The number of anilines is 3. The molecule has 144 valence electrons. The van der Waals surface area contributed by atoms with Crippen LogP contribution in [0.4, 0.5) is 17.2 Å². The van der Waals surface area contributed by atoms with Crippen molar-refractivity contribution in [1.29, 1.82) is 0 Å². The zero-order chi connectivity index (χ0) is 20.1. The van der Waals surface area contributed by atoms with Crippen molar-refractivity contribution in [3.05, 3.63) is 84.7 Å². The number of amides is 1. The van der Waals surface area contributed by atoms with Gasteiger partial charge in [0.1, 0.15) is 24.5 Å². The summed E-state index contributed by atoms with van der Waals surface area (Å²) in [5.41, 5.74) is 3.47. The summed E-state index contributed by atoms with van der Waals surface area (Å²) in [6.45, 7) is 2.01. The lowest BCUT2D eigenvalue weighted by atomic mass is 10.2. The Bertz CT molecular complexity index is 1130. The smallest absolute Gasteiger partial charge is 0.221 e. The molecule has 0 bridgehead atoms. The number of hydrogen-bond donors (Lipinski definition) is 2. The number of carbonyl (C=O) groups is 1. The number of nitrogens with one attached hydrogen (secondary N) is 2. The van der Waals surface area contributed by atoms with Gasteiger partial charge < -0.3 is 15.4 Å². The van der Waals surface area contributed by atoms with Crippen molar-refractivity contribution >= 4 is 34.0 Å². The number of ether oxygens (including phenoxy) is 1. The standard InChI is InChI=1S/C23H20N4O2/c1-16(28)26-19-9-12-21-22(13-19)24-15-25-23(21)27-18-7-10-20(11-8-18)29-14-17-5-3-2-4-6-17/h2-13,15H,14H2,1H3,(H,26,28)(H,24,25,27). The molecule has 1 amide bonds. The summed E-state index contributed by atoms with van der Waals surface area (Å²) < 4.78 is 5.82. The second-order valence-electron chi connectivity index (χ2n) is 6.56. The molecular weight excluding hydrogens is 364 g/mol. The minimum absolute atomic E-state index is 0.119. The molecular formula is C23H20N4O2. The molecule has 4 aromatic rings. The van der Waals surface area contributed by atoms with Gasteiger partial charge in [-0.1, -0.05) is 30.3 Å². The second-order valence-corrected chi connectivity index (χ2v) is 6.56. The van der Waals surface area contributed by atoms with Gasteiger partial charge in [-0.3, -0.25) is 4.79 Å². The number of carbonyl (C=O) groups excluding carboxylic acids is 1. The van der Waals surface area contributed by atoms with Crippen LogP contribution < -0.4 is 15.4 Å². The highest BCUT2D eigenvalue weighted by Crippen LogP contribution is 2.26. The zero-order valence-electron chi connectivity index (χ0n) is 15.9. The molecule has 1 aromatic heterocycles. The molecule has 1 heterocycles. The van der Waals surface area contributed by atoms with Gasteiger partial charge >= 0.3 is 0 Å². The average molecular weight is 384 g/mol. The lowest BCUT2D eigenvalue weighted by molar-refractivity contribution is -0.114. The molecule has 0 fully saturated rings. The topological polar surface area (TPSA) is 76.1 Å². The summed E-state index contributed by atoms with van der Waals surface area (Å²) in [6, 6.07) is 23.3. The molecule has 6 nitrogen and oxygen atoms in total. The van der Waals surface area contributed by atoms with E-state index in [4.69, 9.17) is 4.74 Å². The Morgan fingerprint density at radius 1 is 0.931 bits per heavy atom. The van der Waals surface area contributed by atoms with Crippen LogP contribution in [0.25, 0.3) is 10.9 Å². The van der Waals surface area contributed by atoms with Crippen LogP contribution >= 0.6 is 0 Å². The van der Waals surface area contributed by atoms with Crippen molar-refractivity contribution in [3.63, 3.8) is 0 Å². The van der Waals surface area contributed by atoms with Gasteiger partial charge in [0.25, 0.3) is 0 Å². The Hall–Kier alpha value is -3.93. The average Bonchev–Trinajstić information content (AvgIpc) is 2.74. The predicted molar refractivity (Wildman–Crippen MR) is 114 cm³/mol. The Morgan fingerprint density at radius 2 is 1.69 bits per heavy atom.